The summed E-state index contributed by atoms with van der Waals surface area (Å²) in [5.41, 5.74) is 0.732. The van der Waals surface area contributed by atoms with Crippen molar-refractivity contribution in [2.24, 2.45) is 0 Å². The number of nitrogens with one attached hydrogen (secondary N) is 1. The van der Waals surface area contributed by atoms with Gasteiger partial charge >= 0.3 is 0 Å². The molecule has 0 aliphatic carbocycles. The Bertz CT molecular complexity index is 618. The van der Waals surface area contributed by atoms with Crippen LogP contribution in [0.1, 0.15) is 33.0 Å². The molecule has 0 atom stereocenters. The molecule has 5 heteroatoms. The Balaban J connectivity index is 1.47. The zero-order chi connectivity index (χ0) is 15.4. The maximum atomic E-state index is 12.4. The van der Waals surface area contributed by atoms with Gasteiger partial charge in [0.05, 0.1) is 0 Å². The first-order valence-corrected chi connectivity index (χ1v) is 8.52. The lowest BCUT2D eigenvalue weighted by Crippen LogP contribution is -2.44. The molecule has 0 unspecified atom stereocenters. The summed E-state index contributed by atoms with van der Waals surface area (Å²) in [6.45, 7) is 4.71. The summed E-state index contributed by atoms with van der Waals surface area (Å²) in [5.74, 6) is 0.120. The van der Waals surface area contributed by atoms with Crippen molar-refractivity contribution in [3.05, 3.63) is 52.0 Å². The quantitative estimate of drug-likeness (QED) is 0.943. The molecule has 0 radical (unpaired) electrons. The van der Waals surface area contributed by atoms with Crippen LogP contribution >= 0.6 is 11.3 Å². The molecule has 116 valence electrons. The van der Waals surface area contributed by atoms with Gasteiger partial charge in [-0.2, -0.15) is 0 Å². The van der Waals surface area contributed by atoms with Crippen LogP contribution in [-0.4, -0.2) is 34.9 Å². The number of aromatic nitrogens is 1. The number of aryl methyl sites for hydroxylation is 1. The molecule has 3 heterocycles. The summed E-state index contributed by atoms with van der Waals surface area (Å²) in [5, 5.41) is 3.61. The standard InChI is InChI=1S/C17H21N3OS/c1-13-2-3-16(22-13)12-19-15-6-10-20(11-7-15)17(21)14-4-8-18-9-5-14/h2-5,8-9,15,19H,6-7,10-12H2,1H3. The third-order valence-corrected chi connectivity index (χ3v) is 5.07. The van der Waals surface area contributed by atoms with E-state index in [9.17, 15) is 4.79 Å². The number of pyridine rings is 1. The van der Waals surface area contributed by atoms with Crippen LogP contribution in [0.5, 0.6) is 0 Å². The van der Waals surface area contributed by atoms with E-state index in [1.165, 1.54) is 9.75 Å². The average molecular weight is 315 g/mol. The Labute approximate surface area is 135 Å². The average Bonchev–Trinajstić information content (AvgIpc) is 2.99. The summed E-state index contributed by atoms with van der Waals surface area (Å²) < 4.78 is 0. The Kier molecular flexibility index (Phi) is 4.85. The van der Waals surface area contributed by atoms with E-state index >= 15 is 0 Å². The van der Waals surface area contributed by atoms with E-state index in [0.29, 0.717) is 6.04 Å². The summed E-state index contributed by atoms with van der Waals surface area (Å²) in [4.78, 5) is 21.0. The number of rotatable bonds is 4. The molecule has 0 spiro atoms. The summed E-state index contributed by atoms with van der Waals surface area (Å²) in [6, 6.07) is 8.42. The van der Waals surface area contributed by atoms with Gasteiger partial charge in [0.25, 0.3) is 5.91 Å². The van der Waals surface area contributed by atoms with E-state index < -0.39 is 0 Å². The predicted octanol–water partition coefficient (Wildman–Crippen LogP) is 2.85. The molecule has 0 aromatic carbocycles. The number of hydrogen-bond acceptors (Lipinski definition) is 4. The van der Waals surface area contributed by atoms with Crippen molar-refractivity contribution in [1.82, 2.24) is 15.2 Å². The molecular formula is C17H21N3OS. The zero-order valence-corrected chi connectivity index (χ0v) is 13.6. The highest BCUT2D eigenvalue weighted by Crippen LogP contribution is 2.17. The fraction of sp³-hybridized carbons (Fsp3) is 0.412. The Hall–Kier alpha value is -1.72. The fourth-order valence-electron chi connectivity index (χ4n) is 2.79. The summed E-state index contributed by atoms with van der Waals surface area (Å²) in [6.07, 6.45) is 5.37. The molecule has 2 aromatic rings. The molecular weight excluding hydrogens is 294 g/mol. The zero-order valence-electron chi connectivity index (χ0n) is 12.8. The minimum Gasteiger partial charge on any atom is -0.339 e. The highest BCUT2D eigenvalue weighted by Gasteiger charge is 2.23. The molecule has 4 nitrogen and oxygen atoms in total. The molecule has 3 rings (SSSR count). The second-order valence-corrected chi connectivity index (χ2v) is 7.07. The molecule has 1 amide bonds. The number of amides is 1. The van der Waals surface area contributed by atoms with Gasteiger partial charge in [-0.05, 0) is 44.0 Å². The van der Waals surface area contributed by atoms with Gasteiger partial charge in [-0.15, -0.1) is 11.3 Å². The topological polar surface area (TPSA) is 45.2 Å². The van der Waals surface area contributed by atoms with Crippen molar-refractivity contribution in [1.29, 1.82) is 0 Å². The van der Waals surface area contributed by atoms with E-state index in [0.717, 1.165) is 38.0 Å². The molecule has 22 heavy (non-hydrogen) atoms. The van der Waals surface area contributed by atoms with Gasteiger partial charge in [0.15, 0.2) is 0 Å². The number of carbonyl (C=O) groups excluding carboxylic acids is 1. The van der Waals surface area contributed by atoms with Crippen molar-refractivity contribution >= 4 is 17.2 Å². The van der Waals surface area contributed by atoms with Crippen molar-refractivity contribution < 1.29 is 4.79 Å². The maximum Gasteiger partial charge on any atom is 0.253 e. The first-order chi connectivity index (χ1) is 10.7. The largest absolute Gasteiger partial charge is 0.339 e. The normalized spacial score (nSPS) is 16.0. The number of carbonyl (C=O) groups is 1. The first kappa shape index (κ1) is 15.2. The van der Waals surface area contributed by atoms with Crippen LogP contribution < -0.4 is 5.32 Å². The number of hydrogen-bond donors (Lipinski definition) is 1. The molecule has 1 N–H and O–H groups in total. The van der Waals surface area contributed by atoms with Crippen LogP contribution in [-0.2, 0) is 6.54 Å². The molecule has 1 saturated heterocycles. The molecule has 0 saturated carbocycles. The Morgan fingerprint density at radius 2 is 2.00 bits per heavy atom. The number of piperidine rings is 1. The van der Waals surface area contributed by atoms with E-state index in [1.54, 1.807) is 24.5 Å². The lowest BCUT2D eigenvalue weighted by atomic mass is 10.0. The third-order valence-electron chi connectivity index (χ3n) is 4.07. The molecule has 1 aliphatic rings. The second kappa shape index (κ2) is 7.03. The highest BCUT2D eigenvalue weighted by molar-refractivity contribution is 7.11. The third kappa shape index (κ3) is 3.72. The van der Waals surface area contributed by atoms with Gasteiger partial charge in [-0.1, -0.05) is 0 Å². The van der Waals surface area contributed by atoms with Gasteiger partial charge in [0.1, 0.15) is 0 Å². The van der Waals surface area contributed by atoms with Crippen molar-refractivity contribution in [2.45, 2.75) is 32.4 Å². The lowest BCUT2D eigenvalue weighted by Gasteiger charge is -2.32. The Morgan fingerprint density at radius 3 is 2.64 bits per heavy atom. The number of likely N-dealkylation sites (tertiary alicyclic amines) is 1. The fourth-order valence-corrected chi connectivity index (χ4v) is 3.63. The van der Waals surface area contributed by atoms with Gasteiger partial charge in [0.2, 0.25) is 0 Å². The number of nitrogens with zero attached hydrogens (tertiary/aromatic N) is 2. The Morgan fingerprint density at radius 1 is 1.27 bits per heavy atom. The first-order valence-electron chi connectivity index (χ1n) is 7.70. The number of thiophene rings is 1. The van der Waals surface area contributed by atoms with E-state index in [-0.39, 0.29) is 5.91 Å². The van der Waals surface area contributed by atoms with Gasteiger partial charge < -0.3 is 10.2 Å². The van der Waals surface area contributed by atoms with Crippen LogP contribution in [0.3, 0.4) is 0 Å². The van der Waals surface area contributed by atoms with Crippen LogP contribution in [0.4, 0.5) is 0 Å². The summed E-state index contributed by atoms with van der Waals surface area (Å²) in [7, 11) is 0. The lowest BCUT2D eigenvalue weighted by molar-refractivity contribution is 0.0704. The molecule has 0 bridgehead atoms. The van der Waals surface area contributed by atoms with E-state index in [1.807, 2.05) is 16.2 Å². The predicted molar refractivity (Wildman–Crippen MR) is 89.1 cm³/mol. The second-order valence-electron chi connectivity index (χ2n) is 5.70. The maximum absolute atomic E-state index is 12.4. The van der Waals surface area contributed by atoms with Gasteiger partial charge in [-0.25, -0.2) is 0 Å². The van der Waals surface area contributed by atoms with E-state index in [2.05, 4.69) is 29.4 Å². The molecule has 1 aliphatic heterocycles. The summed E-state index contributed by atoms with van der Waals surface area (Å²) >= 11 is 1.85. The van der Waals surface area contributed by atoms with Gasteiger partial charge in [0, 0.05) is 53.4 Å². The smallest absolute Gasteiger partial charge is 0.253 e. The highest BCUT2D eigenvalue weighted by atomic mass is 32.1. The van der Waals surface area contributed by atoms with Crippen LogP contribution in [0.2, 0.25) is 0 Å². The van der Waals surface area contributed by atoms with Crippen LogP contribution in [0.15, 0.2) is 36.7 Å². The van der Waals surface area contributed by atoms with Gasteiger partial charge in [-0.3, -0.25) is 9.78 Å². The minimum absolute atomic E-state index is 0.120. The molecule has 1 fully saturated rings. The van der Waals surface area contributed by atoms with Crippen LogP contribution in [0.25, 0.3) is 0 Å². The van der Waals surface area contributed by atoms with Crippen molar-refractivity contribution in [2.75, 3.05) is 13.1 Å². The van der Waals surface area contributed by atoms with Crippen LogP contribution in [0, 0.1) is 6.92 Å². The SMILES string of the molecule is Cc1ccc(CNC2CCN(C(=O)c3ccncc3)CC2)s1. The van der Waals surface area contributed by atoms with Crippen molar-refractivity contribution in [3.8, 4) is 0 Å². The molecule has 2 aromatic heterocycles. The van der Waals surface area contributed by atoms with Crippen molar-refractivity contribution in [3.63, 3.8) is 0 Å². The minimum atomic E-state index is 0.120. The van der Waals surface area contributed by atoms with E-state index in [4.69, 9.17) is 0 Å². The monoisotopic (exact) mass is 315 g/mol.